The summed E-state index contributed by atoms with van der Waals surface area (Å²) >= 11 is 0.593. The van der Waals surface area contributed by atoms with E-state index in [0.29, 0.717) is 15.6 Å². The van der Waals surface area contributed by atoms with Crippen molar-refractivity contribution >= 4 is 32.0 Å². The van der Waals surface area contributed by atoms with Gasteiger partial charge in [0, 0.05) is 26.7 Å². The third-order valence-electron chi connectivity index (χ3n) is 2.49. The standard InChI is InChI=1S/C9H12F3N3O4S2/c1-13-8-6(15(16)17)5-7(20-8)21(18,19)14(2)4-3-9(10,11)12/h5,13H,3-4H2,1-2H3. The molecular formula is C9H12F3N3O4S2. The van der Waals surface area contributed by atoms with Crippen LogP contribution in [0.1, 0.15) is 6.42 Å². The number of thiophene rings is 1. The molecule has 0 amide bonds. The maximum atomic E-state index is 12.1. The second-order valence-corrected chi connectivity index (χ2v) is 7.30. The van der Waals surface area contributed by atoms with Gasteiger partial charge >= 0.3 is 11.9 Å². The van der Waals surface area contributed by atoms with E-state index in [0.717, 1.165) is 13.1 Å². The second-order valence-electron chi connectivity index (χ2n) is 3.98. The first-order valence-corrected chi connectivity index (χ1v) is 7.73. The molecule has 1 aromatic rings. The number of alkyl halides is 3. The fourth-order valence-corrected chi connectivity index (χ4v) is 4.02. The molecule has 1 rings (SSSR count). The third kappa shape index (κ3) is 4.28. The average molecular weight is 347 g/mol. The van der Waals surface area contributed by atoms with Gasteiger partial charge in [0.1, 0.15) is 4.21 Å². The summed E-state index contributed by atoms with van der Waals surface area (Å²) in [7, 11) is -1.83. The molecule has 0 radical (unpaired) electrons. The summed E-state index contributed by atoms with van der Waals surface area (Å²) in [5, 5.41) is 13.3. The first-order chi connectivity index (χ1) is 9.49. The van der Waals surface area contributed by atoms with Crippen LogP contribution in [0, 0.1) is 10.1 Å². The molecule has 0 saturated heterocycles. The second kappa shape index (κ2) is 6.15. The Labute approximate surface area is 122 Å². The molecule has 0 aliphatic heterocycles. The molecular weight excluding hydrogens is 335 g/mol. The Balaban J connectivity index is 3.05. The largest absolute Gasteiger partial charge is 0.390 e. The fraction of sp³-hybridized carbons (Fsp3) is 0.556. The molecule has 0 saturated carbocycles. The zero-order valence-corrected chi connectivity index (χ0v) is 12.6. The van der Waals surface area contributed by atoms with Gasteiger partial charge < -0.3 is 5.32 Å². The van der Waals surface area contributed by atoms with Crippen LogP contribution in [0.25, 0.3) is 0 Å². The Kier molecular flexibility index (Phi) is 5.17. The summed E-state index contributed by atoms with van der Waals surface area (Å²) in [6.07, 6.45) is -5.78. The zero-order chi connectivity index (χ0) is 16.4. The van der Waals surface area contributed by atoms with Crippen LogP contribution < -0.4 is 5.32 Å². The van der Waals surface area contributed by atoms with E-state index in [9.17, 15) is 31.7 Å². The highest BCUT2D eigenvalue weighted by Crippen LogP contribution is 2.37. The number of nitrogens with one attached hydrogen (secondary N) is 1. The molecule has 0 aliphatic carbocycles. The minimum absolute atomic E-state index is 0.0165. The van der Waals surface area contributed by atoms with Crippen molar-refractivity contribution in [1.82, 2.24) is 4.31 Å². The fourth-order valence-electron chi connectivity index (χ4n) is 1.36. The first-order valence-electron chi connectivity index (χ1n) is 5.48. The van der Waals surface area contributed by atoms with Gasteiger partial charge in [-0.25, -0.2) is 8.42 Å². The highest BCUT2D eigenvalue weighted by Gasteiger charge is 2.32. The van der Waals surface area contributed by atoms with E-state index in [-0.39, 0.29) is 9.21 Å². The summed E-state index contributed by atoms with van der Waals surface area (Å²) < 4.78 is 60.6. The maximum Gasteiger partial charge on any atom is 0.390 e. The van der Waals surface area contributed by atoms with Crippen molar-refractivity contribution in [2.24, 2.45) is 0 Å². The predicted molar refractivity (Wildman–Crippen MR) is 71.0 cm³/mol. The number of hydrogen-bond acceptors (Lipinski definition) is 6. The van der Waals surface area contributed by atoms with Crippen molar-refractivity contribution in [2.45, 2.75) is 16.8 Å². The number of nitrogens with zero attached hydrogens (tertiary/aromatic N) is 2. The molecule has 0 spiro atoms. The van der Waals surface area contributed by atoms with E-state index in [4.69, 9.17) is 0 Å². The Morgan fingerprint density at radius 2 is 2.05 bits per heavy atom. The van der Waals surface area contributed by atoms with Crippen LogP contribution in [0.15, 0.2) is 10.3 Å². The lowest BCUT2D eigenvalue weighted by molar-refractivity contribution is -0.383. The molecule has 0 unspecified atom stereocenters. The van der Waals surface area contributed by atoms with E-state index in [1.54, 1.807) is 0 Å². The van der Waals surface area contributed by atoms with Crippen LogP contribution >= 0.6 is 11.3 Å². The Morgan fingerprint density at radius 3 is 2.43 bits per heavy atom. The Hall–Kier alpha value is -1.40. The monoisotopic (exact) mass is 347 g/mol. The van der Waals surface area contributed by atoms with Gasteiger partial charge in [-0.2, -0.15) is 17.5 Å². The lowest BCUT2D eigenvalue weighted by atomic mass is 10.4. The summed E-state index contributed by atoms with van der Waals surface area (Å²) in [4.78, 5) is 10.00. The molecule has 1 heterocycles. The van der Waals surface area contributed by atoms with Crippen LogP contribution in [0.5, 0.6) is 0 Å². The Morgan fingerprint density at radius 1 is 1.48 bits per heavy atom. The average Bonchev–Trinajstić information content (AvgIpc) is 2.79. The van der Waals surface area contributed by atoms with Gasteiger partial charge in [0.05, 0.1) is 11.3 Å². The van der Waals surface area contributed by atoms with Gasteiger partial charge in [-0.1, -0.05) is 11.3 Å². The zero-order valence-electron chi connectivity index (χ0n) is 11.0. The summed E-state index contributed by atoms with van der Waals surface area (Å²) in [5.74, 6) is 0. The quantitative estimate of drug-likeness (QED) is 0.629. The van der Waals surface area contributed by atoms with Crippen LogP contribution in [-0.2, 0) is 10.0 Å². The molecule has 12 heteroatoms. The van der Waals surface area contributed by atoms with E-state index in [1.165, 1.54) is 7.05 Å². The van der Waals surface area contributed by atoms with Gasteiger partial charge in [-0.3, -0.25) is 10.1 Å². The number of rotatable bonds is 6. The van der Waals surface area contributed by atoms with E-state index >= 15 is 0 Å². The van der Waals surface area contributed by atoms with Gasteiger partial charge in [0.25, 0.3) is 10.0 Å². The van der Waals surface area contributed by atoms with E-state index < -0.39 is 39.8 Å². The molecule has 1 N–H and O–H groups in total. The number of anilines is 1. The van der Waals surface area contributed by atoms with Crippen molar-refractivity contribution < 1.29 is 26.5 Å². The molecule has 7 nitrogen and oxygen atoms in total. The summed E-state index contributed by atoms with van der Waals surface area (Å²) in [6.45, 7) is -0.758. The van der Waals surface area contributed by atoms with Crippen LogP contribution in [0.2, 0.25) is 0 Å². The molecule has 1 aromatic heterocycles. The SMILES string of the molecule is CNc1sc(S(=O)(=O)N(C)CCC(F)(F)F)cc1[N+](=O)[O-]. The maximum absolute atomic E-state index is 12.1. The molecule has 0 atom stereocenters. The Bertz CT molecular complexity index is 627. The van der Waals surface area contributed by atoms with Gasteiger partial charge in [-0.05, 0) is 0 Å². The molecule has 21 heavy (non-hydrogen) atoms. The van der Waals surface area contributed by atoms with E-state index in [1.807, 2.05) is 0 Å². The van der Waals surface area contributed by atoms with Crippen LogP contribution in [-0.4, -0.2) is 44.5 Å². The highest BCUT2D eigenvalue weighted by molar-refractivity contribution is 7.91. The molecule has 120 valence electrons. The van der Waals surface area contributed by atoms with Crippen molar-refractivity contribution in [3.05, 3.63) is 16.2 Å². The highest BCUT2D eigenvalue weighted by atomic mass is 32.2. The van der Waals surface area contributed by atoms with Crippen LogP contribution in [0.4, 0.5) is 23.9 Å². The van der Waals surface area contributed by atoms with Gasteiger partial charge in [-0.15, -0.1) is 0 Å². The van der Waals surface area contributed by atoms with E-state index in [2.05, 4.69) is 5.32 Å². The van der Waals surface area contributed by atoms with Crippen molar-refractivity contribution in [1.29, 1.82) is 0 Å². The van der Waals surface area contributed by atoms with Gasteiger partial charge in [0.2, 0.25) is 0 Å². The molecule has 0 fully saturated rings. The van der Waals surface area contributed by atoms with Crippen molar-refractivity contribution in [3.8, 4) is 0 Å². The third-order valence-corrected chi connectivity index (χ3v) is 5.94. The lowest BCUT2D eigenvalue weighted by Crippen LogP contribution is -2.30. The number of halogens is 3. The summed E-state index contributed by atoms with van der Waals surface area (Å²) in [5.41, 5.74) is -0.440. The number of sulfonamides is 1. The summed E-state index contributed by atoms with van der Waals surface area (Å²) in [6, 6.07) is 0.829. The molecule has 0 aliphatic rings. The van der Waals surface area contributed by atoms with Gasteiger partial charge in [0.15, 0.2) is 5.00 Å². The number of nitro groups is 1. The smallest absolute Gasteiger partial charge is 0.374 e. The first kappa shape index (κ1) is 17.7. The van der Waals surface area contributed by atoms with Crippen molar-refractivity contribution in [3.63, 3.8) is 0 Å². The molecule has 0 aromatic carbocycles. The lowest BCUT2D eigenvalue weighted by Gasteiger charge is -2.16. The minimum atomic E-state index is -4.48. The number of hydrogen-bond donors (Lipinski definition) is 1. The predicted octanol–water partition coefficient (Wildman–Crippen LogP) is 2.27. The van der Waals surface area contributed by atoms with Crippen molar-refractivity contribution in [2.75, 3.05) is 26.0 Å². The normalized spacial score (nSPS) is 12.7. The molecule has 0 bridgehead atoms. The topological polar surface area (TPSA) is 92.6 Å². The van der Waals surface area contributed by atoms with Crippen LogP contribution in [0.3, 0.4) is 0 Å². The minimum Gasteiger partial charge on any atom is -0.374 e.